The average molecular weight is 186 g/mol. The minimum absolute atomic E-state index is 0.806. The highest BCUT2D eigenvalue weighted by Crippen LogP contribution is 2.20. The molecule has 14 heavy (non-hydrogen) atoms. The number of nitrogens with zero attached hydrogens (tertiary/aromatic N) is 3. The Morgan fingerprint density at radius 2 is 2.21 bits per heavy atom. The van der Waals surface area contributed by atoms with Gasteiger partial charge in [0.2, 0.25) is 0 Å². The lowest BCUT2D eigenvalue weighted by Gasteiger charge is -2.17. The Hall–Kier alpha value is -1.55. The first-order chi connectivity index (χ1) is 6.95. The number of nitrogens with one attached hydrogen (secondary N) is 1. The molecule has 0 amide bonds. The maximum absolute atomic E-state index is 4.30. The molecule has 70 valence electrons. The Morgan fingerprint density at radius 1 is 1.21 bits per heavy atom. The van der Waals surface area contributed by atoms with E-state index in [-0.39, 0.29) is 0 Å². The Bertz CT molecular complexity index is 481. The van der Waals surface area contributed by atoms with Crippen LogP contribution < -0.4 is 5.32 Å². The second-order valence-electron chi connectivity index (χ2n) is 3.45. The quantitative estimate of drug-likeness (QED) is 0.657. The van der Waals surface area contributed by atoms with Gasteiger partial charge in [0.05, 0.1) is 0 Å². The molecular formula is C10H10N4. The largest absolute Gasteiger partial charge is 0.312 e. The van der Waals surface area contributed by atoms with Crippen molar-refractivity contribution in [3.63, 3.8) is 0 Å². The van der Waals surface area contributed by atoms with Gasteiger partial charge in [0, 0.05) is 24.3 Å². The van der Waals surface area contributed by atoms with Crippen LogP contribution in [0.3, 0.4) is 0 Å². The van der Waals surface area contributed by atoms with Crippen LogP contribution in [0.25, 0.3) is 11.0 Å². The molecule has 0 radical (unpaired) electrons. The van der Waals surface area contributed by atoms with Crippen LogP contribution in [-0.2, 0) is 13.0 Å². The fraction of sp³-hybridized carbons (Fsp3) is 0.300. The first kappa shape index (κ1) is 7.82. The van der Waals surface area contributed by atoms with Gasteiger partial charge < -0.3 is 5.32 Å². The van der Waals surface area contributed by atoms with Crippen LogP contribution in [0.1, 0.15) is 11.1 Å². The number of hydrogen-bond acceptors (Lipinski definition) is 4. The summed E-state index contributed by atoms with van der Waals surface area (Å²) in [4.78, 5) is 12.5. The van der Waals surface area contributed by atoms with E-state index in [4.69, 9.17) is 0 Å². The van der Waals surface area contributed by atoms with Gasteiger partial charge in [0.15, 0.2) is 5.65 Å². The van der Waals surface area contributed by atoms with Crippen molar-refractivity contribution in [2.24, 2.45) is 0 Å². The SMILES string of the molecule is c1ncc2c3c(cnc2n1)CNCC3. The molecule has 1 N–H and O–H groups in total. The molecule has 4 nitrogen and oxygen atoms in total. The molecule has 0 bridgehead atoms. The van der Waals surface area contributed by atoms with Crippen molar-refractivity contribution >= 4 is 11.0 Å². The van der Waals surface area contributed by atoms with Gasteiger partial charge in [-0.05, 0) is 24.1 Å². The van der Waals surface area contributed by atoms with Gasteiger partial charge in [0.1, 0.15) is 6.33 Å². The van der Waals surface area contributed by atoms with E-state index >= 15 is 0 Å². The minimum Gasteiger partial charge on any atom is -0.312 e. The summed E-state index contributed by atoms with van der Waals surface area (Å²) < 4.78 is 0. The highest BCUT2D eigenvalue weighted by molar-refractivity contribution is 5.78. The van der Waals surface area contributed by atoms with Crippen LogP contribution in [0.4, 0.5) is 0 Å². The molecule has 4 heteroatoms. The van der Waals surface area contributed by atoms with E-state index in [0.717, 1.165) is 30.5 Å². The molecule has 0 spiro atoms. The molecule has 1 aliphatic rings. The highest BCUT2D eigenvalue weighted by Gasteiger charge is 2.12. The molecule has 0 aliphatic carbocycles. The summed E-state index contributed by atoms with van der Waals surface area (Å²) >= 11 is 0. The lowest BCUT2D eigenvalue weighted by molar-refractivity contribution is 0.644. The van der Waals surface area contributed by atoms with E-state index in [1.54, 1.807) is 6.33 Å². The first-order valence-electron chi connectivity index (χ1n) is 4.72. The first-order valence-corrected chi connectivity index (χ1v) is 4.72. The van der Waals surface area contributed by atoms with Crippen molar-refractivity contribution < 1.29 is 0 Å². The van der Waals surface area contributed by atoms with Gasteiger partial charge >= 0.3 is 0 Å². The standard InChI is InChI=1S/C10H10N4/c1-2-11-3-7-4-13-10-9(8(1)7)5-12-6-14-10/h4-6,11H,1-3H2. The summed E-state index contributed by atoms with van der Waals surface area (Å²) in [5.41, 5.74) is 3.44. The monoisotopic (exact) mass is 186 g/mol. The molecule has 0 unspecified atom stereocenters. The third kappa shape index (κ3) is 1.08. The van der Waals surface area contributed by atoms with Gasteiger partial charge in [-0.3, -0.25) is 0 Å². The minimum atomic E-state index is 0.806. The van der Waals surface area contributed by atoms with Crippen molar-refractivity contribution in [2.75, 3.05) is 6.54 Å². The maximum atomic E-state index is 4.30. The fourth-order valence-electron chi connectivity index (χ4n) is 1.91. The molecule has 3 heterocycles. The molecule has 0 saturated heterocycles. The molecule has 2 aromatic rings. The molecule has 1 aliphatic heterocycles. The predicted octanol–water partition coefficient (Wildman–Crippen LogP) is 0.671. The van der Waals surface area contributed by atoms with Gasteiger partial charge in [-0.25, -0.2) is 15.0 Å². The lowest BCUT2D eigenvalue weighted by atomic mass is 10.0. The van der Waals surface area contributed by atoms with Gasteiger partial charge in [-0.1, -0.05) is 0 Å². The Balaban J connectivity index is 2.34. The summed E-state index contributed by atoms with van der Waals surface area (Å²) in [5, 5.41) is 4.43. The van der Waals surface area contributed by atoms with Gasteiger partial charge in [0.25, 0.3) is 0 Å². The number of rotatable bonds is 0. The topological polar surface area (TPSA) is 50.7 Å². The molecule has 0 saturated carbocycles. The van der Waals surface area contributed by atoms with Crippen molar-refractivity contribution in [1.82, 2.24) is 20.3 Å². The average Bonchev–Trinajstić information content (AvgIpc) is 2.29. The summed E-state index contributed by atoms with van der Waals surface area (Å²) in [5.74, 6) is 0. The van der Waals surface area contributed by atoms with Crippen molar-refractivity contribution in [1.29, 1.82) is 0 Å². The summed E-state index contributed by atoms with van der Waals surface area (Å²) in [7, 11) is 0. The molecule has 2 aromatic heterocycles. The van der Waals surface area contributed by atoms with Gasteiger partial charge in [-0.15, -0.1) is 0 Å². The number of pyridine rings is 1. The van der Waals surface area contributed by atoms with E-state index in [1.165, 1.54) is 11.1 Å². The summed E-state index contributed by atoms with van der Waals surface area (Å²) in [6, 6.07) is 0. The Kier molecular flexibility index (Phi) is 1.67. The number of hydrogen-bond donors (Lipinski definition) is 1. The van der Waals surface area contributed by atoms with Crippen LogP contribution in [-0.4, -0.2) is 21.5 Å². The molecule has 3 rings (SSSR count). The molecule has 0 fully saturated rings. The smallest absolute Gasteiger partial charge is 0.162 e. The van der Waals surface area contributed by atoms with Crippen molar-refractivity contribution in [2.45, 2.75) is 13.0 Å². The normalized spacial score (nSPS) is 15.4. The Labute approximate surface area is 81.4 Å². The van der Waals surface area contributed by atoms with E-state index in [1.807, 2.05) is 12.4 Å². The fourth-order valence-corrected chi connectivity index (χ4v) is 1.91. The maximum Gasteiger partial charge on any atom is 0.162 e. The second kappa shape index (κ2) is 2.99. The lowest BCUT2D eigenvalue weighted by Crippen LogP contribution is -2.24. The van der Waals surface area contributed by atoms with E-state index in [9.17, 15) is 0 Å². The Morgan fingerprint density at radius 3 is 3.21 bits per heavy atom. The van der Waals surface area contributed by atoms with Crippen molar-refractivity contribution in [3.05, 3.63) is 29.8 Å². The van der Waals surface area contributed by atoms with Crippen LogP contribution in [0.15, 0.2) is 18.7 Å². The van der Waals surface area contributed by atoms with Gasteiger partial charge in [-0.2, -0.15) is 0 Å². The van der Waals surface area contributed by atoms with E-state index in [0.29, 0.717) is 0 Å². The second-order valence-corrected chi connectivity index (χ2v) is 3.45. The van der Waals surface area contributed by atoms with Crippen molar-refractivity contribution in [3.8, 4) is 0 Å². The molecular weight excluding hydrogens is 176 g/mol. The van der Waals surface area contributed by atoms with Crippen LogP contribution in [0, 0.1) is 0 Å². The van der Waals surface area contributed by atoms with Crippen LogP contribution in [0.2, 0.25) is 0 Å². The summed E-state index contributed by atoms with van der Waals surface area (Å²) in [6.45, 7) is 1.94. The zero-order chi connectivity index (χ0) is 9.38. The summed E-state index contributed by atoms with van der Waals surface area (Å²) in [6.07, 6.45) is 6.36. The molecule has 0 atom stereocenters. The predicted molar refractivity (Wildman–Crippen MR) is 52.7 cm³/mol. The van der Waals surface area contributed by atoms with Crippen LogP contribution in [0.5, 0.6) is 0 Å². The van der Waals surface area contributed by atoms with E-state index in [2.05, 4.69) is 20.3 Å². The third-order valence-electron chi connectivity index (χ3n) is 2.61. The number of aromatic nitrogens is 3. The zero-order valence-corrected chi connectivity index (χ0v) is 7.70. The zero-order valence-electron chi connectivity index (χ0n) is 7.70. The molecule has 0 aromatic carbocycles. The third-order valence-corrected chi connectivity index (χ3v) is 2.61. The van der Waals surface area contributed by atoms with E-state index < -0.39 is 0 Å². The highest BCUT2D eigenvalue weighted by atomic mass is 14.9. The number of fused-ring (bicyclic) bond motifs is 3. The van der Waals surface area contributed by atoms with Crippen LogP contribution >= 0.6 is 0 Å².